The van der Waals surface area contributed by atoms with Crippen molar-refractivity contribution < 1.29 is 19.4 Å². The van der Waals surface area contributed by atoms with E-state index < -0.39 is 5.97 Å². The number of amides is 1. The fourth-order valence-corrected chi connectivity index (χ4v) is 3.95. The first-order chi connectivity index (χ1) is 15.4. The van der Waals surface area contributed by atoms with Gasteiger partial charge in [-0.25, -0.2) is 4.79 Å². The predicted molar refractivity (Wildman–Crippen MR) is 123 cm³/mol. The smallest absolute Gasteiger partial charge is 0.335 e. The van der Waals surface area contributed by atoms with Gasteiger partial charge in [-0.05, 0) is 44.2 Å². The molecule has 9 nitrogen and oxygen atoms in total. The number of nitrogens with zero attached hydrogens (tertiary/aromatic N) is 3. The van der Waals surface area contributed by atoms with Crippen LogP contribution in [0.15, 0.2) is 53.7 Å². The maximum absolute atomic E-state index is 12.4. The zero-order chi connectivity index (χ0) is 23.1. The molecule has 0 radical (unpaired) electrons. The first kappa shape index (κ1) is 23.1. The fourth-order valence-electron chi connectivity index (χ4n) is 3.14. The highest BCUT2D eigenvalue weighted by atomic mass is 32.2. The molecule has 0 fully saturated rings. The first-order valence-corrected chi connectivity index (χ1v) is 11.0. The third-order valence-corrected chi connectivity index (χ3v) is 5.62. The number of ether oxygens (including phenoxy) is 1. The molecule has 3 rings (SSSR count). The Bertz CT molecular complexity index is 1100. The number of carbonyl (C=O) groups is 2. The van der Waals surface area contributed by atoms with Gasteiger partial charge in [0.15, 0.2) is 11.0 Å². The zero-order valence-corrected chi connectivity index (χ0v) is 18.8. The summed E-state index contributed by atoms with van der Waals surface area (Å²) in [6, 6.07) is 13.6. The number of hydrogen-bond acceptors (Lipinski definition) is 7. The maximum Gasteiger partial charge on any atom is 0.335 e. The Morgan fingerprint density at radius 2 is 1.97 bits per heavy atom. The normalized spacial score (nSPS) is 11.6. The van der Waals surface area contributed by atoms with Crippen LogP contribution >= 0.6 is 11.8 Å². The van der Waals surface area contributed by atoms with Crippen LogP contribution in [0.5, 0.6) is 5.75 Å². The van der Waals surface area contributed by atoms with Gasteiger partial charge in [-0.2, -0.15) is 0 Å². The quantitative estimate of drug-likeness (QED) is 0.394. The second kappa shape index (κ2) is 10.7. The average Bonchev–Trinajstić information content (AvgIpc) is 3.21. The van der Waals surface area contributed by atoms with E-state index >= 15 is 0 Å². The number of aromatic nitrogens is 3. The van der Waals surface area contributed by atoms with Crippen LogP contribution in [0.4, 0.5) is 11.4 Å². The van der Waals surface area contributed by atoms with Crippen molar-refractivity contribution in [2.45, 2.75) is 31.6 Å². The number of para-hydroxylation sites is 2. The van der Waals surface area contributed by atoms with E-state index in [1.165, 1.54) is 23.9 Å². The molecule has 10 heteroatoms. The molecule has 168 valence electrons. The van der Waals surface area contributed by atoms with Gasteiger partial charge in [-0.1, -0.05) is 30.0 Å². The van der Waals surface area contributed by atoms with E-state index in [2.05, 4.69) is 20.8 Å². The fraction of sp³-hybridized carbons (Fsp3) is 0.273. The molecule has 0 aliphatic heterocycles. The van der Waals surface area contributed by atoms with Gasteiger partial charge in [0.25, 0.3) is 0 Å². The second-order valence-electron chi connectivity index (χ2n) is 6.87. The molecular formula is C22H25N5O4S. The molecule has 0 spiro atoms. The van der Waals surface area contributed by atoms with Crippen molar-refractivity contribution in [3.05, 3.63) is 59.9 Å². The molecule has 0 aliphatic rings. The molecule has 1 aromatic heterocycles. The Morgan fingerprint density at radius 3 is 2.69 bits per heavy atom. The number of aromatic carboxylic acids is 1. The minimum Gasteiger partial charge on any atom is -0.495 e. The van der Waals surface area contributed by atoms with Gasteiger partial charge in [-0.3, -0.25) is 4.79 Å². The Morgan fingerprint density at radius 1 is 1.19 bits per heavy atom. The van der Waals surface area contributed by atoms with E-state index in [0.29, 0.717) is 17.4 Å². The number of rotatable bonds is 10. The Hall–Kier alpha value is -3.53. The van der Waals surface area contributed by atoms with Crippen molar-refractivity contribution in [1.82, 2.24) is 14.8 Å². The van der Waals surface area contributed by atoms with Crippen LogP contribution in [-0.2, 0) is 11.3 Å². The minimum atomic E-state index is -1.05. The lowest BCUT2D eigenvalue weighted by Gasteiger charge is -2.18. The number of carboxylic acids is 1. The van der Waals surface area contributed by atoms with Gasteiger partial charge in [0.2, 0.25) is 5.91 Å². The highest BCUT2D eigenvalue weighted by molar-refractivity contribution is 7.99. The topological polar surface area (TPSA) is 118 Å². The van der Waals surface area contributed by atoms with Crippen LogP contribution in [-0.4, -0.2) is 44.6 Å². The minimum absolute atomic E-state index is 0.113. The van der Waals surface area contributed by atoms with Gasteiger partial charge in [0, 0.05) is 12.2 Å². The summed E-state index contributed by atoms with van der Waals surface area (Å²) in [6.07, 6.45) is 0. The van der Waals surface area contributed by atoms with Crippen molar-refractivity contribution >= 4 is 35.0 Å². The molecule has 2 aromatic carbocycles. The first-order valence-electron chi connectivity index (χ1n) is 10.0. The maximum atomic E-state index is 12.4. The Balaban J connectivity index is 1.65. The van der Waals surface area contributed by atoms with Gasteiger partial charge in [0.1, 0.15) is 5.75 Å². The van der Waals surface area contributed by atoms with Crippen LogP contribution < -0.4 is 15.4 Å². The third-order valence-electron chi connectivity index (χ3n) is 4.65. The number of carbonyl (C=O) groups excluding carboxylic acids is 1. The van der Waals surface area contributed by atoms with Crippen LogP contribution in [0.2, 0.25) is 0 Å². The lowest BCUT2D eigenvalue weighted by atomic mass is 10.2. The molecule has 0 unspecified atom stereocenters. The number of anilines is 2. The average molecular weight is 456 g/mol. The lowest BCUT2D eigenvalue weighted by molar-refractivity contribution is -0.113. The number of thioether (sulfide) groups is 1. The highest BCUT2D eigenvalue weighted by Gasteiger charge is 2.19. The van der Waals surface area contributed by atoms with E-state index in [1.54, 1.807) is 19.2 Å². The summed E-state index contributed by atoms with van der Waals surface area (Å²) in [5.41, 5.74) is 1.40. The summed E-state index contributed by atoms with van der Waals surface area (Å²) in [5, 5.41) is 24.4. The summed E-state index contributed by atoms with van der Waals surface area (Å²) in [7, 11) is 1.62. The molecule has 32 heavy (non-hydrogen) atoms. The van der Waals surface area contributed by atoms with Crippen molar-refractivity contribution in [2.24, 2.45) is 0 Å². The molecule has 1 atom stereocenters. The molecule has 0 saturated carbocycles. The van der Waals surface area contributed by atoms with Gasteiger partial charge in [-0.15, -0.1) is 10.2 Å². The monoisotopic (exact) mass is 455 g/mol. The number of hydrogen-bond donors (Lipinski definition) is 3. The molecular weight excluding hydrogens is 430 g/mol. The summed E-state index contributed by atoms with van der Waals surface area (Å²) in [6.45, 7) is 4.62. The van der Waals surface area contributed by atoms with Crippen molar-refractivity contribution in [3.63, 3.8) is 0 Å². The molecule has 0 bridgehead atoms. The van der Waals surface area contributed by atoms with Crippen LogP contribution in [0.1, 0.15) is 36.1 Å². The standard InChI is InChI=1S/C22H25N5O4S/c1-4-27-20(14(2)23-17-10-5-6-11-18(17)31-3)25-26-22(27)32-13-19(28)24-16-9-7-8-15(12-16)21(29)30/h5-12,14,23H,4,13H2,1-3H3,(H,24,28)(H,29,30)/t14-/m0/s1. The van der Waals surface area contributed by atoms with E-state index in [4.69, 9.17) is 9.84 Å². The van der Waals surface area contributed by atoms with Crippen molar-refractivity contribution in [3.8, 4) is 5.75 Å². The second-order valence-corrected chi connectivity index (χ2v) is 7.82. The van der Waals surface area contributed by atoms with Crippen LogP contribution in [0.25, 0.3) is 0 Å². The molecule has 3 aromatic rings. The van der Waals surface area contributed by atoms with E-state index in [-0.39, 0.29) is 23.3 Å². The van der Waals surface area contributed by atoms with Crippen molar-refractivity contribution in [2.75, 3.05) is 23.5 Å². The Labute approximate surface area is 190 Å². The number of methoxy groups -OCH3 is 1. The SMILES string of the molecule is CCn1c(SCC(=O)Nc2cccc(C(=O)O)c2)nnc1[C@H](C)Nc1ccccc1OC. The van der Waals surface area contributed by atoms with Crippen molar-refractivity contribution in [1.29, 1.82) is 0 Å². The van der Waals surface area contributed by atoms with Crippen LogP contribution in [0.3, 0.4) is 0 Å². The number of benzene rings is 2. The van der Waals surface area contributed by atoms with Crippen LogP contribution in [0, 0.1) is 0 Å². The number of carboxylic acid groups (broad SMARTS) is 1. The van der Waals surface area contributed by atoms with Gasteiger partial charge >= 0.3 is 5.97 Å². The summed E-state index contributed by atoms with van der Waals surface area (Å²) in [5.74, 6) is 0.291. The molecule has 0 saturated heterocycles. The van der Waals surface area contributed by atoms with Gasteiger partial charge < -0.3 is 25.0 Å². The predicted octanol–water partition coefficient (Wildman–Crippen LogP) is 3.91. The molecule has 0 aliphatic carbocycles. The third kappa shape index (κ3) is 5.58. The largest absolute Gasteiger partial charge is 0.495 e. The lowest BCUT2D eigenvalue weighted by Crippen LogP contribution is -2.16. The Kier molecular flexibility index (Phi) is 7.72. The summed E-state index contributed by atoms with van der Waals surface area (Å²) >= 11 is 1.27. The van der Waals surface area contributed by atoms with E-state index in [9.17, 15) is 9.59 Å². The van der Waals surface area contributed by atoms with E-state index in [0.717, 1.165) is 17.3 Å². The van der Waals surface area contributed by atoms with Gasteiger partial charge in [0.05, 0.1) is 30.2 Å². The molecule has 1 heterocycles. The number of nitrogens with one attached hydrogen (secondary N) is 2. The summed E-state index contributed by atoms with van der Waals surface area (Å²) in [4.78, 5) is 23.4. The van der Waals surface area contributed by atoms with E-state index in [1.807, 2.05) is 42.7 Å². The summed E-state index contributed by atoms with van der Waals surface area (Å²) < 4.78 is 7.35. The molecule has 1 amide bonds. The highest BCUT2D eigenvalue weighted by Crippen LogP contribution is 2.28. The molecule has 3 N–H and O–H groups in total. The zero-order valence-electron chi connectivity index (χ0n) is 18.0.